The summed E-state index contributed by atoms with van der Waals surface area (Å²) in [6.45, 7) is 1.88. The molecule has 8 nitrogen and oxygen atoms in total. The zero-order valence-electron chi connectivity index (χ0n) is 22.6. The summed E-state index contributed by atoms with van der Waals surface area (Å²) in [5.41, 5.74) is 4.23. The van der Waals surface area contributed by atoms with E-state index in [-0.39, 0.29) is 23.2 Å². The van der Waals surface area contributed by atoms with Crippen LogP contribution in [0.25, 0.3) is 11.1 Å². The second-order valence-electron chi connectivity index (χ2n) is 9.13. The molecule has 1 atom stereocenters. The molecule has 0 heterocycles. The van der Waals surface area contributed by atoms with Gasteiger partial charge in [-0.05, 0) is 60.8 Å². The highest BCUT2D eigenvalue weighted by Gasteiger charge is 2.31. The fraction of sp³-hybridized carbons (Fsp3) is 0.333. The number of para-hydroxylation sites is 1. The maximum absolute atomic E-state index is 13.1. The number of benzene rings is 2. The first-order valence-electron chi connectivity index (χ1n) is 12.3. The number of ether oxygens (including phenoxy) is 5. The SMILES string of the molecule is COc1cc2c(c(OC)c1OC)-c1ccc(OC)c(=O)cc1[C@@H](N(C)Cc1ccccc1OC(C)=O)CC2. The van der Waals surface area contributed by atoms with Gasteiger partial charge in [0.15, 0.2) is 17.2 Å². The molecule has 0 N–H and O–H groups in total. The lowest BCUT2D eigenvalue weighted by atomic mass is 9.95. The average Bonchev–Trinajstić information content (AvgIpc) is 3.15. The topological polar surface area (TPSA) is 83.5 Å². The lowest BCUT2D eigenvalue weighted by Gasteiger charge is -2.29. The molecule has 8 heteroatoms. The van der Waals surface area contributed by atoms with Crippen molar-refractivity contribution in [2.45, 2.75) is 32.4 Å². The van der Waals surface area contributed by atoms with Crippen LogP contribution in [-0.2, 0) is 17.8 Å². The van der Waals surface area contributed by atoms with E-state index in [2.05, 4.69) is 4.90 Å². The summed E-state index contributed by atoms with van der Waals surface area (Å²) in [5.74, 6) is 2.01. The Balaban J connectivity index is 1.91. The Morgan fingerprint density at radius 1 is 0.895 bits per heavy atom. The van der Waals surface area contributed by atoms with E-state index in [1.807, 2.05) is 37.4 Å². The third kappa shape index (κ3) is 5.17. The highest BCUT2D eigenvalue weighted by Crippen LogP contribution is 2.51. The number of fused-ring (bicyclic) bond motifs is 3. The first kappa shape index (κ1) is 27.0. The highest BCUT2D eigenvalue weighted by atomic mass is 16.5. The van der Waals surface area contributed by atoms with Crippen molar-refractivity contribution < 1.29 is 28.5 Å². The third-order valence-electron chi connectivity index (χ3n) is 6.87. The minimum atomic E-state index is -0.375. The first-order chi connectivity index (χ1) is 18.3. The molecule has 38 heavy (non-hydrogen) atoms. The van der Waals surface area contributed by atoms with Gasteiger partial charge >= 0.3 is 5.97 Å². The van der Waals surface area contributed by atoms with Crippen LogP contribution in [0.15, 0.2) is 53.3 Å². The largest absolute Gasteiger partial charge is 0.493 e. The molecule has 3 aromatic carbocycles. The Morgan fingerprint density at radius 2 is 1.61 bits per heavy atom. The molecule has 200 valence electrons. The second-order valence-corrected chi connectivity index (χ2v) is 9.13. The molecule has 0 saturated heterocycles. The van der Waals surface area contributed by atoms with E-state index >= 15 is 0 Å². The fourth-order valence-electron chi connectivity index (χ4n) is 5.17. The van der Waals surface area contributed by atoms with Crippen molar-refractivity contribution >= 4 is 5.97 Å². The van der Waals surface area contributed by atoms with E-state index in [0.717, 1.165) is 34.2 Å². The Bertz CT molecular complexity index is 1400. The number of hydrogen-bond donors (Lipinski definition) is 0. The van der Waals surface area contributed by atoms with Crippen molar-refractivity contribution in [3.05, 3.63) is 75.4 Å². The number of methoxy groups -OCH3 is 4. The summed E-state index contributed by atoms with van der Waals surface area (Å²) in [4.78, 5) is 27.0. The van der Waals surface area contributed by atoms with Crippen molar-refractivity contribution in [3.63, 3.8) is 0 Å². The van der Waals surface area contributed by atoms with Crippen LogP contribution in [-0.4, -0.2) is 46.4 Å². The van der Waals surface area contributed by atoms with Crippen molar-refractivity contribution in [3.8, 4) is 39.9 Å². The molecule has 0 bridgehead atoms. The summed E-state index contributed by atoms with van der Waals surface area (Å²) in [6, 6.07) is 14.5. The van der Waals surface area contributed by atoms with Crippen LogP contribution in [0.2, 0.25) is 0 Å². The van der Waals surface area contributed by atoms with Gasteiger partial charge in [0, 0.05) is 30.6 Å². The number of hydrogen-bond acceptors (Lipinski definition) is 8. The van der Waals surface area contributed by atoms with Gasteiger partial charge < -0.3 is 23.7 Å². The maximum Gasteiger partial charge on any atom is 0.308 e. The quantitative estimate of drug-likeness (QED) is 0.310. The lowest BCUT2D eigenvalue weighted by Crippen LogP contribution is -2.25. The van der Waals surface area contributed by atoms with E-state index in [4.69, 9.17) is 23.7 Å². The van der Waals surface area contributed by atoms with Crippen LogP contribution in [0, 0.1) is 0 Å². The number of carbonyl (C=O) groups excluding carboxylic acids is 1. The zero-order chi connectivity index (χ0) is 27.4. The summed E-state index contributed by atoms with van der Waals surface area (Å²) in [5, 5.41) is 0. The van der Waals surface area contributed by atoms with Crippen molar-refractivity contribution in [1.29, 1.82) is 0 Å². The lowest BCUT2D eigenvalue weighted by molar-refractivity contribution is -0.131. The fourth-order valence-corrected chi connectivity index (χ4v) is 5.17. The molecule has 1 aliphatic rings. The second kappa shape index (κ2) is 11.6. The predicted octanol–water partition coefficient (Wildman–Crippen LogP) is 4.79. The normalized spacial score (nSPS) is 14.1. The first-order valence-corrected chi connectivity index (χ1v) is 12.3. The van der Waals surface area contributed by atoms with E-state index < -0.39 is 0 Å². The molecule has 0 fully saturated rings. The molecular weight excluding hydrogens is 486 g/mol. The molecule has 3 aromatic rings. The van der Waals surface area contributed by atoms with Crippen LogP contribution in [0.4, 0.5) is 0 Å². The number of nitrogens with zero attached hydrogens (tertiary/aromatic N) is 1. The van der Waals surface area contributed by atoms with Gasteiger partial charge in [0.05, 0.1) is 28.4 Å². The molecule has 0 aliphatic heterocycles. The molecule has 1 aliphatic carbocycles. The average molecular weight is 520 g/mol. The van der Waals surface area contributed by atoms with E-state index in [0.29, 0.717) is 36.0 Å². The van der Waals surface area contributed by atoms with E-state index in [1.54, 1.807) is 39.5 Å². The number of esters is 1. The van der Waals surface area contributed by atoms with Gasteiger partial charge in [-0.3, -0.25) is 14.5 Å². The molecule has 0 spiro atoms. The summed E-state index contributed by atoms with van der Waals surface area (Å²) in [6.07, 6.45) is 1.42. The van der Waals surface area contributed by atoms with Crippen LogP contribution in [0.5, 0.6) is 28.7 Å². The maximum atomic E-state index is 13.1. The van der Waals surface area contributed by atoms with E-state index in [9.17, 15) is 9.59 Å². The van der Waals surface area contributed by atoms with Crippen LogP contribution >= 0.6 is 0 Å². The minimum absolute atomic E-state index is 0.144. The number of rotatable bonds is 8. The Hall–Kier alpha value is -4.04. The van der Waals surface area contributed by atoms with Crippen LogP contribution < -0.4 is 29.1 Å². The summed E-state index contributed by atoms with van der Waals surface area (Å²) >= 11 is 0. The van der Waals surface area contributed by atoms with Gasteiger partial charge in [-0.25, -0.2) is 0 Å². The Morgan fingerprint density at radius 3 is 2.26 bits per heavy atom. The molecule has 0 unspecified atom stereocenters. The van der Waals surface area contributed by atoms with Crippen molar-refractivity contribution in [2.75, 3.05) is 35.5 Å². The monoisotopic (exact) mass is 519 g/mol. The standard InChI is InChI=1S/C30H33NO7/c1-18(32)38-25-10-8-7-9-20(25)17-31(2)23-13-11-19-15-27(35-4)29(36-5)30(37-6)28(19)21-12-14-26(34-3)24(33)16-22(21)23/h7-10,12,14-16,23H,11,13,17H2,1-6H3/t23-/m0/s1. The van der Waals surface area contributed by atoms with Gasteiger partial charge in [0.25, 0.3) is 0 Å². The minimum Gasteiger partial charge on any atom is -0.493 e. The molecule has 0 radical (unpaired) electrons. The van der Waals surface area contributed by atoms with E-state index in [1.165, 1.54) is 14.0 Å². The van der Waals surface area contributed by atoms with Crippen LogP contribution in [0.1, 0.15) is 36.1 Å². The number of carbonyl (C=O) groups is 1. The highest BCUT2D eigenvalue weighted by molar-refractivity contribution is 5.82. The Labute approximate surface area is 222 Å². The smallest absolute Gasteiger partial charge is 0.308 e. The van der Waals surface area contributed by atoms with Gasteiger partial charge in [-0.15, -0.1) is 0 Å². The van der Waals surface area contributed by atoms with Gasteiger partial charge in [0.1, 0.15) is 5.75 Å². The molecule has 4 rings (SSSR count). The van der Waals surface area contributed by atoms with Gasteiger partial charge in [0.2, 0.25) is 11.2 Å². The molecule has 0 amide bonds. The molecule has 0 aromatic heterocycles. The van der Waals surface area contributed by atoms with Crippen molar-refractivity contribution in [1.82, 2.24) is 4.90 Å². The summed E-state index contributed by atoms with van der Waals surface area (Å²) in [7, 11) is 8.26. The predicted molar refractivity (Wildman–Crippen MR) is 145 cm³/mol. The Kier molecular flexibility index (Phi) is 8.22. The van der Waals surface area contributed by atoms with Gasteiger partial charge in [-0.1, -0.05) is 24.3 Å². The third-order valence-corrected chi connectivity index (χ3v) is 6.87. The zero-order valence-corrected chi connectivity index (χ0v) is 22.6. The van der Waals surface area contributed by atoms with Crippen molar-refractivity contribution in [2.24, 2.45) is 0 Å². The molecule has 0 saturated carbocycles. The number of aryl methyl sites for hydroxylation is 1. The van der Waals surface area contributed by atoms with Gasteiger partial charge in [-0.2, -0.15) is 0 Å². The summed E-state index contributed by atoms with van der Waals surface area (Å²) < 4.78 is 28.0. The molecular formula is C30H33NO7. The van der Waals surface area contributed by atoms with Crippen LogP contribution in [0.3, 0.4) is 0 Å².